The van der Waals surface area contributed by atoms with Crippen molar-refractivity contribution in [3.8, 4) is 28.3 Å². The number of hydrogen-bond donors (Lipinski definition) is 0. The fourth-order valence-electron chi connectivity index (χ4n) is 3.71. The molecule has 0 saturated heterocycles. The van der Waals surface area contributed by atoms with E-state index < -0.39 is 0 Å². The molecular weight excluding hydrogens is 464 g/mol. The minimum Gasteiger partial charge on any atom is -0.240 e. The summed E-state index contributed by atoms with van der Waals surface area (Å²) < 4.78 is 3.63. The summed E-state index contributed by atoms with van der Waals surface area (Å²) in [5.74, 6) is 0.623. The lowest BCUT2D eigenvalue weighted by atomic mass is 10.1. The number of rotatable bonds is 5. The maximum absolute atomic E-state index is 6.36. The lowest BCUT2D eigenvalue weighted by molar-refractivity contribution is 0.884. The maximum atomic E-state index is 6.36. The molecule has 0 fully saturated rings. The number of hydrogen-bond acceptors (Lipinski definition) is 5. The lowest BCUT2D eigenvalue weighted by Gasteiger charge is -2.00. The van der Waals surface area contributed by atoms with Gasteiger partial charge in [0.25, 0.3) is 0 Å². The van der Waals surface area contributed by atoms with E-state index in [0.717, 1.165) is 33.1 Å². The summed E-state index contributed by atoms with van der Waals surface area (Å²) in [4.78, 5) is 0.706. The molecule has 0 radical (unpaired) electrons. The van der Waals surface area contributed by atoms with E-state index in [-0.39, 0.29) is 0 Å². The Balaban J connectivity index is 1.39. The Hall–Kier alpha value is -4.07. The van der Waals surface area contributed by atoms with Crippen LogP contribution in [-0.4, -0.2) is 29.6 Å². The Morgan fingerprint density at radius 2 is 1.50 bits per heavy atom. The van der Waals surface area contributed by atoms with Crippen LogP contribution >= 0.6 is 22.9 Å². The van der Waals surface area contributed by atoms with Gasteiger partial charge in [0.15, 0.2) is 5.82 Å². The molecule has 8 heteroatoms. The molecule has 34 heavy (non-hydrogen) atoms. The van der Waals surface area contributed by atoms with Gasteiger partial charge in [-0.1, -0.05) is 83.6 Å². The van der Waals surface area contributed by atoms with E-state index in [2.05, 4.69) is 22.3 Å². The number of para-hydroxylation sites is 1. The highest BCUT2D eigenvalue weighted by molar-refractivity contribution is 7.17. The standard InChI is InChI=1S/C26H17ClN6S/c27-22-14-8-7-13-21(22)25-28-29-26-33(25)30-23(34-26)16-15-19-17-32(20-11-5-2-6-12-20)31-24(19)18-9-3-1-4-10-18/h1-17H. The fourth-order valence-corrected chi connectivity index (χ4v) is 4.67. The molecule has 6 aromatic rings. The molecule has 3 heterocycles. The minimum absolute atomic E-state index is 0.614. The van der Waals surface area contributed by atoms with E-state index in [9.17, 15) is 0 Å². The smallest absolute Gasteiger partial charge is 0.235 e. The summed E-state index contributed by atoms with van der Waals surface area (Å²) in [6, 6.07) is 27.8. The molecular formula is C26H17ClN6S. The summed E-state index contributed by atoms with van der Waals surface area (Å²) in [7, 11) is 0. The van der Waals surface area contributed by atoms with Gasteiger partial charge in [0.05, 0.1) is 16.4 Å². The second-order valence-electron chi connectivity index (χ2n) is 7.55. The molecule has 0 amide bonds. The van der Waals surface area contributed by atoms with Crippen molar-refractivity contribution in [2.45, 2.75) is 0 Å². The van der Waals surface area contributed by atoms with E-state index in [1.807, 2.05) is 95.8 Å². The summed E-state index contributed by atoms with van der Waals surface area (Å²) >= 11 is 7.83. The van der Waals surface area contributed by atoms with E-state index in [0.29, 0.717) is 15.8 Å². The Morgan fingerprint density at radius 1 is 0.765 bits per heavy atom. The topological polar surface area (TPSA) is 60.9 Å². The van der Waals surface area contributed by atoms with Crippen molar-refractivity contribution in [3.05, 3.63) is 107 Å². The molecule has 0 saturated carbocycles. The third-order valence-electron chi connectivity index (χ3n) is 5.34. The van der Waals surface area contributed by atoms with Crippen LogP contribution in [0.4, 0.5) is 0 Å². The molecule has 0 aliphatic carbocycles. The fraction of sp³-hybridized carbons (Fsp3) is 0. The Labute approximate surface area is 204 Å². The van der Waals surface area contributed by atoms with Crippen molar-refractivity contribution < 1.29 is 0 Å². The van der Waals surface area contributed by atoms with Gasteiger partial charge in [-0.2, -0.15) is 14.7 Å². The van der Waals surface area contributed by atoms with Crippen LogP contribution in [0, 0.1) is 0 Å². The quantitative estimate of drug-likeness (QED) is 0.281. The molecule has 3 aromatic carbocycles. The van der Waals surface area contributed by atoms with Crippen LogP contribution in [0.2, 0.25) is 5.02 Å². The first kappa shape index (κ1) is 20.5. The van der Waals surface area contributed by atoms with Crippen molar-refractivity contribution in [3.63, 3.8) is 0 Å². The predicted molar refractivity (Wildman–Crippen MR) is 137 cm³/mol. The van der Waals surface area contributed by atoms with Crippen molar-refractivity contribution in [1.82, 2.24) is 29.6 Å². The molecule has 0 bridgehead atoms. The Morgan fingerprint density at radius 3 is 2.29 bits per heavy atom. The first-order chi connectivity index (χ1) is 16.8. The van der Waals surface area contributed by atoms with E-state index >= 15 is 0 Å². The van der Waals surface area contributed by atoms with E-state index in [1.54, 1.807) is 4.52 Å². The average molecular weight is 481 g/mol. The van der Waals surface area contributed by atoms with Crippen LogP contribution < -0.4 is 0 Å². The van der Waals surface area contributed by atoms with Crippen molar-refractivity contribution >= 4 is 40.1 Å². The SMILES string of the molecule is Clc1ccccc1-c1nnc2sc(C=Cc3cn(-c4ccccc4)nc3-c3ccccc3)nn12. The minimum atomic E-state index is 0.614. The van der Waals surface area contributed by atoms with Crippen molar-refractivity contribution in [2.75, 3.05) is 0 Å². The molecule has 6 rings (SSSR count). The van der Waals surface area contributed by atoms with Gasteiger partial charge >= 0.3 is 0 Å². The van der Waals surface area contributed by atoms with Gasteiger partial charge in [-0.15, -0.1) is 10.2 Å². The first-order valence-electron chi connectivity index (χ1n) is 10.6. The van der Waals surface area contributed by atoms with Crippen molar-refractivity contribution in [2.24, 2.45) is 0 Å². The van der Waals surface area contributed by atoms with Crippen molar-refractivity contribution in [1.29, 1.82) is 0 Å². The van der Waals surface area contributed by atoms with Gasteiger partial charge in [-0.05, 0) is 36.4 Å². The zero-order chi connectivity index (χ0) is 22.9. The van der Waals surface area contributed by atoms with Crippen LogP contribution in [-0.2, 0) is 0 Å². The lowest BCUT2D eigenvalue weighted by Crippen LogP contribution is -1.93. The summed E-state index contributed by atoms with van der Waals surface area (Å²) in [6.45, 7) is 0. The number of aromatic nitrogens is 6. The van der Waals surface area contributed by atoms with Gasteiger partial charge in [0, 0.05) is 22.9 Å². The number of nitrogens with zero attached hydrogens (tertiary/aromatic N) is 6. The Kier molecular flexibility index (Phi) is 5.25. The van der Waals surface area contributed by atoms with Gasteiger partial charge in [-0.3, -0.25) is 0 Å². The van der Waals surface area contributed by atoms with Gasteiger partial charge in [-0.25, -0.2) is 4.68 Å². The van der Waals surface area contributed by atoms with Gasteiger partial charge in [0.1, 0.15) is 5.01 Å². The molecule has 0 atom stereocenters. The van der Waals surface area contributed by atoms with Gasteiger partial charge < -0.3 is 0 Å². The van der Waals surface area contributed by atoms with Crippen LogP contribution in [0.1, 0.15) is 10.6 Å². The summed E-state index contributed by atoms with van der Waals surface area (Å²) in [5.41, 5.74) is 4.75. The molecule has 164 valence electrons. The van der Waals surface area contributed by atoms with Gasteiger partial charge in [0.2, 0.25) is 4.96 Å². The largest absolute Gasteiger partial charge is 0.240 e. The molecule has 6 nitrogen and oxygen atoms in total. The normalized spacial score (nSPS) is 11.6. The predicted octanol–water partition coefficient (Wildman–Crippen LogP) is 6.53. The third kappa shape index (κ3) is 3.81. The monoisotopic (exact) mass is 480 g/mol. The van der Waals surface area contributed by atoms with Crippen LogP contribution in [0.15, 0.2) is 91.1 Å². The van der Waals surface area contributed by atoms with Crippen LogP contribution in [0.25, 0.3) is 45.4 Å². The summed E-state index contributed by atoms with van der Waals surface area (Å²) in [5, 5.41) is 19.6. The Bertz CT molecular complexity index is 1620. The highest BCUT2D eigenvalue weighted by Crippen LogP contribution is 2.29. The number of halogens is 1. The molecule has 0 aliphatic heterocycles. The molecule has 0 unspecified atom stereocenters. The van der Waals surface area contributed by atoms with E-state index in [1.165, 1.54) is 11.3 Å². The van der Waals surface area contributed by atoms with Crippen LogP contribution in [0.5, 0.6) is 0 Å². The molecule has 0 aliphatic rings. The first-order valence-corrected chi connectivity index (χ1v) is 11.8. The van der Waals surface area contributed by atoms with Crippen LogP contribution in [0.3, 0.4) is 0 Å². The highest BCUT2D eigenvalue weighted by atomic mass is 35.5. The summed E-state index contributed by atoms with van der Waals surface area (Å²) in [6.07, 6.45) is 6.05. The molecule has 3 aromatic heterocycles. The average Bonchev–Trinajstić information content (AvgIpc) is 3.59. The maximum Gasteiger partial charge on any atom is 0.235 e. The third-order valence-corrected chi connectivity index (χ3v) is 6.53. The zero-order valence-corrected chi connectivity index (χ0v) is 19.4. The van der Waals surface area contributed by atoms with E-state index in [4.69, 9.17) is 21.8 Å². The molecule has 0 N–H and O–H groups in total. The number of benzene rings is 3. The molecule has 0 spiro atoms. The second kappa shape index (κ2) is 8.70. The highest BCUT2D eigenvalue weighted by Gasteiger charge is 2.15. The zero-order valence-electron chi connectivity index (χ0n) is 17.8. The number of fused-ring (bicyclic) bond motifs is 1. The second-order valence-corrected chi connectivity index (χ2v) is 8.95.